The van der Waals surface area contributed by atoms with Gasteiger partial charge in [0.15, 0.2) is 0 Å². The molecule has 1 aromatic rings. The van der Waals surface area contributed by atoms with E-state index in [1.54, 1.807) is 0 Å². The Hall–Kier alpha value is -1.08. The number of aryl methyl sites for hydroxylation is 1. The summed E-state index contributed by atoms with van der Waals surface area (Å²) in [6.07, 6.45) is 10.2. The Morgan fingerprint density at radius 1 is 1.12 bits per heavy atom. The molecule has 0 saturated heterocycles. The van der Waals surface area contributed by atoms with Gasteiger partial charge in [0.1, 0.15) is 0 Å². The van der Waals surface area contributed by atoms with E-state index >= 15 is 0 Å². The Kier molecular flexibility index (Phi) is 4.38. The highest BCUT2D eigenvalue weighted by Gasteiger charge is 2.18. The second kappa shape index (κ2) is 6.02. The summed E-state index contributed by atoms with van der Waals surface area (Å²) in [5, 5.41) is 10.4. The van der Waals surface area contributed by atoms with E-state index in [9.17, 15) is 5.11 Å². The van der Waals surface area contributed by atoms with Crippen LogP contribution in [-0.4, -0.2) is 5.11 Å². The highest BCUT2D eigenvalue weighted by Crippen LogP contribution is 2.29. The summed E-state index contributed by atoms with van der Waals surface area (Å²) in [4.78, 5) is 0. The second-order valence-corrected chi connectivity index (χ2v) is 5.09. The molecule has 0 spiro atoms. The Morgan fingerprint density at radius 3 is 2.65 bits per heavy atom. The van der Waals surface area contributed by atoms with Gasteiger partial charge in [0.05, 0.1) is 6.10 Å². The van der Waals surface area contributed by atoms with Crippen molar-refractivity contribution in [2.45, 2.75) is 45.1 Å². The van der Waals surface area contributed by atoms with Crippen LogP contribution < -0.4 is 0 Å². The molecule has 1 aliphatic carbocycles. The topological polar surface area (TPSA) is 20.2 Å². The molecule has 1 heteroatoms. The lowest BCUT2D eigenvalue weighted by Gasteiger charge is -2.21. The molecule has 92 valence electrons. The molecule has 0 aromatic heterocycles. The zero-order chi connectivity index (χ0) is 12.1. The molecule has 1 aromatic carbocycles. The first-order valence-electron chi connectivity index (χ1n) is 6.68. The summed E-state index contributed by atoms with van der Waals surface area (Å²) >= 11 is 0. The third-order valence-corrected chi connectivity index (χ3v) is 3.62. The monoisotopic (exact) mass is 230 g/mol. The molecule has 1 aliphatic rings. The lowest BCUT2D eigenvalue weighted by Crippen LogP contribution is -2.11. The van der Waals surface area contributed by atoms with Gasteiger partial charge in [-0.3, -0.25) is 0 Å². The Labute approximate surface area is 104 Å². The maximum Gasteiger partial charge on any atom is 0.0852 e. The van der Waals surface area contributed by atoms with Gasteiger partial charge in [-0.25, -0.2) is 0 Å². The van der Waals surface area contributed by atoms with Crippen LogP contribution >= 0.6 is 0 Å². The van der Waals surface area contributed by atoms with E-state index in [-0.39, 0.29) is 12.0 Å². The minimum atomic E-state index is -0.343. The van der Waals surface area contributed by atoms with Crippen molar-refractivity contribution in [2.75, 3.05) is 0 Å². The van der Waals surface area contributed by atoms with Crippen molar-refractivity contribution in [1.82, 2.24) is 0 Å². The van der Waals surface area contributed by atoms with Gasteiger partial charge in [0.25, 0.3) is 0 Å². The summed E-state index contributed by atoms with van der Waals surface area (Å²) in [5.74, 6) is 0.290. The summed E-state index contributed by atoms with van der Waals surface area (Å²) < 4.78 is 0. The van der Waals surface area contributed by atoms with Gasteiger partial charge in [-0.1, -0.05) is 54.8 Å². The largest absolute Gasteiger partial charge is 0.388 e. The Bertz CT molecular complexity index is 364. The molecule has 1 N–H and O–H groups in total. The molecule has 0 radical (unpaired) electrons. The van der Waals surface area contributed by atoms with Crippen LogP contribution in [0.3, 0.4) is 0 Å². The number of aliphatic hydroxyl groups excluding tert-OH is 1. The smallest absolute Gasteiger partial charge is 0.0852 e. The normalized spacial score (nSPS) is 22.8. The summed E-state index contributed by atoms with van der Waals surface area (Å²) in [5.41, 5.74) is 2.29. The number of rotatable bonds is 2. The van der Waals surface area contributed by atoms with Gasteiger partial charge in [0, 0.05) is 5.92 Å². The van der Waals surface area contributed by atoms with E-state index in [0.29, 0.717) is 0 Å². The van der Waals surface area contributed by atoms with Crippen molar-refractivity contribution in [2.24, 2.45) is 5.92 Å². The number of allylic oxidation sites excluding steroid dienone is 1. The molecule has 2 rings (SSSR count). The third kappa shape index (κ3) is 3.44. The number of hydrogen-bond donors (Lipinski definition) is 1. The van der Waals surface area contributed by atoms with Crippen molar-refractivity contribution < 1.29 is 5.11 Å². The van der Waals surface area contributed by atoms with Crippen molar-refractivity contribution in [3.8, 4) is 0 Å². The maximum absolute atomic E-state index is 10.4. The van der Waals surface area contributed by atoms with Gasteiger partial charge in [-0.15, -0.1) is 0 Å². The molecule has 0 heterocycles. The standard InChI is InChI=1S/C16H22O/c1-13-9-11-15(12-10-13)16(17)14-7-5-3-2-4-6-8-14/h5,7,9-12,14,16-17H,2-4,6,8H2,1H3/t14-,16-/m0/s1. The molecule has 0 saturated carbocycles. The lowest BCUT2D eigenvalue weighted by molar-refractivity contribution is 0.124. The summed E-state index contributed by atoms with van der Waals surface area (Å²) in [6.45, 7) is 2.08. The van der Waals surface area contributed by atoms with Gasteiger partial charge >= 0.3 is 0 Å². The fraction of sp³-hybridized carbons (Fsp3) is 0.500. The average molecular weight is 230 g/mol. The van der Waals surface area contributed by atoms with E-state index in [2.05, 4.69) is 31.2 Å². The summed E-state index contributed by atoms with van der Waals surface area (Å²) in [7, 11) is 0. The van der Waals surface area contributed by atoms with Gasteiger partial charge in [-0.2, -0.15) is 0 Å². The highest BCUT2D eigenvalue weighted by molar-refractivity contribution is 5.24. The zero-order valence-electron chi connectivity index (χ0n) is 10.6. The van der Waals surface area contributed by atoms with Crippen LogP contribution in [0.5, 0.6) is 0 Å². The van der Waals surface area contributed by atoms with Crippen LogP contribution in [-0.2, 0) is 0 Å². The van der Waals surface area contributed by atoms with Crippen LogP contribution in [0.4, 0.5) is 0 Å². The minimum absolute atomic E-state index is 0.290. The summed E-state index contributed by atoms with van der Waals surface area (Å²) in [6, 6.07) is 8.25. The van der Waals surface area contributed by atoms with Gasteiger partial charge < -0.3 is 5.11 Å². The molecular weight excluding hydrogens is 208 g/mol. The Balaban J connectivity index is 2.09. The predicted molar refractivity (Wildman–Crippen MR) is 71.9 cm³/mol. The van der Waals surface area contributed by atoms with Crippen LogP contribution in [0.25, 0.3) is 0 Å². The quantitative estimate of drug-likeness (QED) is 0.756. The van der Waals surface area contributed by atoms with Crippen molar-refractivity contribution in [3.63, 3.8) is 0 Å². The van der Waals surface area contributed by atoms with E-state index in [1.807, 2.05) is 12.1 Å². The molecule has 0 bridgehead atoms. The first-order valence-corrected chi connectivity index (χ1v) is 6.68. The fourth-order valence-electron chi connectivity index (χ4n) is 2.46. The van der Waals surface area contributed by atoms with Crippen LogP contribution in [0.15, 0.2) is 36.4 Å². The lowest BCUT2D eigenvalue weighted by atomic mass is 9.88. The van der Waals surface area contributed by atoms with E-state index in [0.717, 1.165) is 18.4 Å². The van der Waals surface area contributed by atoms with E-state index in [1.165, 1.54) is 24.8 Å². The van der Waals surface area contributed by atoms with E-state index < -0.39 is 0 Å². The van der Waals surface area contributed by atoms with Crippen molar-refractivity contribution >= 4 is 0 Å². The van der Waals surface area contributed by atoms with Crippen molar-refractivity contribution in [3.05, 3.63) is 47.5 Å². The minimum Gasteiger partial charge on any atom is -0.388 e. The van der Waals surface area contributed by atoms with Crippen LogP contribution in [0, 0.1) is 12.8 Å². The molecular formula is C16H22O. The van der Waals surface area contributed by atoms with Crippen LogP contribution in [0.2, 0.25) is 0 Å². The number of aliphatic hydroxyl groups is 1. The predicted octanol–water partition coefficient (Wildman–Crippen LogP) is 4.16. The second-order valence-electron chi connectivity index (χ2n) is 5.09. The van der Waals surface area contributed by atoms with E-state index in [4.69, 9.17) is 0 Å². The molecule has 0 unspecified atom stereocenters. The highest BCUT2D eigenvalue weighted by atomic mass is 16.3. The molecule has 0 fully saturated rings. The van der Waals surface area contributed by atoms with Gasteiger partial charge in [-0.05, 0) is 31.7 Å². The molecule has 2 atom stereocenters. The SMILES string of the molecule is Cc1ccc([C@@H](O)[C@H]2C=CCCCCC2)cc1. The molecule has 17 heavy (non-hydrogen) atoms. The number of benzene rings is 1. The maximum atomic E-state index is 10.4. The Morgan fingerprint density at radius 2 is 1.88 bits per heavy atom. The molecule has 0 amide bonds. The zero-order valence-corrected chi connectivity index (χ0v) is 10.6. The van der Waals surface area contributed by atoms with Crippen LogP contribution in [0.1, 0.15) is 49.3 Å². The van der Waals surface area contributed by atoms with Crippen molar-refractivity contribution in [1.29, 1.82) is 0 Å². The first-order chi connectivity index (χ1) is 8.27. The molecule has 1 nitrogen and oxygen atoms in total. The van der Waals surface area contributed by atoms with Gasteiger partial charge in [0.2, 0.25) is 0 Å². The fourth-order valence-corrected chi connectivity index (χ4v) is 2.46. The first kappa shape index (κ1) is 12.4. The molecule has 0 aliphatic heterocycles. The third-order valence-electron chi connectivity index (χ3n) is 3.62. The number of hydrogen-bond acceptors (Lipinski definition) is 1. The average Bonchev–Trinajstić information content (AvgIpc) is 2.29.